The van der Waals surface area contributed by atoms with Crippen molar-refractivity contribution in [2.24, 2.45) is 0 Å². The molecule has 0 saturated carbocycles. The first-order chi connectivity index (χ1) is 17.6. The molecule has 2 heterocycles. The molecule has 200 valence electrons. The quantitative estimate of drug-likeness (QED) is 0.403. The first kappa shape index (κ1) is 26.8. The van der Waals surface area contributed by atoms with Gasteiger partial charge in [-0.1, -0.05) is 6.07 Å². The lowest BCUT2D eigenvalue weighted by Gasteiger charge is -2.42. The second kappa shape index (κ2) is 11.0. The molecule has 0 aliphatic carbocycles. The smallest absolute Gasteiger partial charge is 0.390 e. The molecule has 1 aliphatic rings. The molecule has 1 fully saturated rings. The lowest BCUT2D eigenvalue weighted by Crippen LogP contribution is -2.48. The molecule has 1 unspecified atom stereocenters. The number of methoxy groups -OCH3 is 2. The molecule has 0 bridgehead atoms. The first-order valence-electron chi connectivity index (χ1n) is 12.2. The van der Waals surface area contributed by atoms with E-state index in [4.69, 9.17) is 9.47 Å². The summed E-state index contributed by atoms with van der Waals surface area (Å²) in [5.74, 6) is 0.322. The second-order valence-corrected chi connectivity index (χ2v) is 9.34. The number of anilines is 1. The number of alkyl halides is 3. The van der Waals surface area contributed by atoms with Crippen molar-refractivity contribution in [3.8, 4) is 5.75 Å². The standard InChI is InChI=1S/C27H33F3N4O3/c1-17-13-24(36-3)21(19-7-9-32-25(17)19)15-34-12-11-33(10-8-27(28,29)30)16-23(34)18-5-6-20(26(35)37-4)22(14-18)31-2/h5-7,9,13-14,23,31-32H,8,10-12,15-16H2,1-4H3. The Labute approximate surface area is 214 Å². The Hall–Kier alpha value is -3.24. The van der Waals surface area contributed by atoms with Crippen LogP contribution in [0.5, 0.6) is 5.75 Å². The van der Waals surface area contributed by atoms with Crippen LogP contribution in [-0.4, -0.2) is 74.4 Å². The summed E-state index contributed by atoms with van der Waals surface area (Å²) in [4.78, 5) is 19.6. The minimum atomic E-state index is -4.21. The highest BCUT2D eigenvalue weighted by Gasteiger charge is 2.33. The van der Waals surface area contributed by atoms with Crippen LogP contribution < -0.4 is 10.1 Å². The van der Waals surface area contributed by atoms with Gasteiger partial charge in [0.15, 0.2) is 0 Å². The number of aromatic nitrogens is 1. The van der Waals surface area contributed by atoms with Crippen LogP contribution in [-0.2, 0) is 11.3 Å². The lowest BCUT2D eigenvalue weighted by molar-refractivity contribution is -0.139. The average molecular weight is 519 g/mol. The van der Waals surface area contributed by atoms with Gasteiger partial charge in [0.1, 0.15) is 5.75 Å². The van der Waals surface area contributed by atoms with Gasteiger partial charge in [0, 0.05) is 74.2 Å². The topological polar surface area (TPSA) is 69.8 Å². The number of carbonyl (C=O) groups excluding carboxylic acids is 1. The number of carbonyl (C=O) groups is 1. The van der Waals surface area contributed by atoms with Crippen LogP contribution in [0.15, 0.2) is 36.5 Å². The van der Waals surface area contributed by atoms with Gasteiger partial charge >= 0.3 is 12.1 Å². The summed E-state index contributed by atoms with van der Waals surface area (Å²) in [6.45, 7) is 4.07. The Kier molecular flexibility index (Phi) is 7.99. The number of rotatable bonds is 8. The first-order valence-corrected chi connectivity index (χ1v) is 12.2. The van der Waals surface area contributed by atoms with Crippen molar-refractivity contribution in [1.82, 2.24) is 14.8 Å². The van der Waals surface area contributed by atoms with Gasteiger partial charge in [-0.3, -0.25) is 9.80 Å². The van der Waals surface area contributed by atoms with Gasteiger partial charge < -0.3 is 19.8 Å². The number of nitrogens with one attached hydrogen (secondary N) is 2. The third-order valence-corrected chi connectivity index (χ3v) is 7.08. The van der Waals surface area contributed by atoms with Gasteiger partial charge in [-0.15, -0.1) is 0 Å². The number of benzene rings is 2. The van der Waals surface area contributed by atoms with E-state index in [-0.39, 0.29) is 12.6 Å². The van der Waals surface area contributed by atoms with Crippen molar-refractivity contribution < 1.29 is 27.4 Å². The van der Waals surface area contributed by atoms with E-state index >= 15 is 0 Å². The molecule has 7 nitrogen and oxygen atoms in total. The summed E-state index contributed by atoms with van der Waals surface area (Å²) < 4.78 is 49.6. The average Bonchev–Trinajstić information content (AvgIpc) is 3.39. The van der Waals surface area contributed by atoms with Crippen molar-refractivity contribution in [1.29, 1.82) is 0 Å². The van der Waals surface area contributed by atoms with Crippen LogP contribution in [0.1, 0.15) is 39.5 Å². The van der Waals surface area contributed by atoms with Crippen LogP contribution in [0.2, 0.25) is 0 Å². The molecule has 37 heavy (non-hydrogen) atoms. The SMILES string of the molecule is CNc1cc(C2CN(CCC(F)(F)F)CCN2Cc2c(OC)cc(C)c3[nH]ccc23)ccc1C(=O)OC. The summed E-state index contributed by atoms with van der Waals surface area (Å²) >= 11 is 0. The Morgan fingerprint density at radius 2 is 1.97 bits per heavy atom. The number of fused-ring (bicyclic) bond motifs is 1. The van der Waals surface area contributed by atoms with Gasteiger partial charge in [0.25, 0.3) is 0 Å². The van der Waals surface area contributed by atoms with Crippen LogP contribution in [0.25, 0.3) is 10.9 Å². The Balaban J connectivity index is 1.70. The second-order valence-electron chi connectivity index (χ2n) is 9.34. The molecule has 0 amide bonds. The van der Waals surface area contributed by atoms with E-state index < -0.39 is 18.6 Å². The lowest BCUT2D eigenvalue weighted by atomic mass is 9.97. The van der Waals surface area contributed by atoms with E-state index in [1.54, 1.807) is 20.2 Å². The van der Waals surface area contributed by atoms with E-state index in [0.29, 0.717) is 37.4 Å². The number of aryl methyl sites for hydroxylation is 1. The molecular weight excluding hydrogens is 485 g/mol. The van der Waals surface area contributed by atoms with E-state index in [1.165, 1.54) is 7.11 Å². The number of piperazine rings is 1. The number of aromatic amines is 1. The molecule has 3 aromatic rings. The molecule has 4 rings (SSSR count). The molecular formula is C27H33F3N4O3. The summed E-state index contributed by atoms with van der Waals surface area (Å²) in [5.41, 5.74) is 5.06. The summed E-state index contributed by atoms with van der Waals surface area (Å²) in [6.07, 6.45) is -3.15. The Morgan fingerprint density at radius 1 is 1.19 bits per heavy atom. The zero-order chi connectivity index (χ0) is 26.7. The molecule has 1 saturated heterocycles. The molecule has 2 N–H and O–H groups in total. The third kappa shape index (κ3) is 5.86. The molecule has 2 aromatic carbocycles. The van der Waals surface area contributed by atoms with Crippen molar-refractivity contribution in [2.75, 3.05) is 52.8 Å². The minimum absolute atomic E-state index is 0.0527. The highest BCUT2D eigenvalue weighted by Crippen LogP contribution is 2.36. The number of H-pyrrole nitrogens is 1. The molecule has 0 radical (unpaired) electrons. The minimum Gasteiger partial charge on any atom is -0.496 e. The highest BCUT2D eigenvalue weighted by atomic mass is 19.4. The van der Waals surface area contributed by atoms with Crippen molar-refractivity contribution in [3.05, 3.63) is 58.8 Å². The number of halogens is 3. The van der Waals surface area contributed by atoms with Crippen LogP contribution in [0.4, 0.5) is 18.9 Å². The van der Waals surface area contributed by atoms with E-state index in [0.717, 1.165) is 33.3 Å². The maximum Gasteiger partial charge on any atom is 0.390 e. The fourth-order valence-electron chi connectivity index (χ4n) is 5.12. The predicted molar refractivity (Wildman–Crippen MR) is 137 cm³/mol. The summed E-state index contributed by atoms with van der Waals surface area (Å²) in [7, 11) is 4.70. The van der Waals surface area contributed by atoms with Crippen molar-refractivity contribution in [2.45, 2.75) is 32.1 Å². The molecule has 10 heteroatoms. The van der Waals surface area contributed by atoms with Gasteiger partial charge in [-0.2, -0.15) is 13.2 Å². The number of nitrogens with zero attached hydrogens (tertiary/aromatic N) is 2. The number of esters is 1. The molecule has 1 aliphatic heterocycles. The van der Waals surface area contributed by atoms with Crippen LogP contribution in [0.3, 0.4) is 0 Å². The summed E-state index contributed by atoms with van der Waals surface area (Å²) in [6, 6.07) is 9.29. The van der Waals surface area contributed by atoms with E-state index in [9.17, 15) is 18.0 Å². The molecule has 1 atom stereocenters. The zero-order valence-electron chi connectivity index (χ0n) is 21.5. The summed E-state index contributed by atoms with van der Waals surface area (Å²) in [5, 5.41) is 4.11. The largest absolute Gasteiger partial charge is 0.496 e. The Morgan fingerprint density at radius 3 is 2.65 bits per heavy atom. The maximum absolute atomic E-state index is 13.0. The number of ether oxygens (including phenoxy) is 2. The number of hydrogen-bond donors (Lipinski definition) is 2. The predicted octanol–water partition coefficient (Wildman–Crippen LogP) is 5.12. The van der Waals surface area contributed by atoms with Crippen LogP contribution in [0, 0.1) is 6.92 Å². The highest BCUT2D eigenvalue weighted by molar-refractivity contribution is 5.95. The van der Waals surface area contributed by atoms with Gasteiger partial charge in [0.2, 0.25) is 0 Å². The monoisotopic (exact) mass is 518 g/mol. The zero-order valence-corrected chi connectivity index (χ0v) is 21.5. The Bertz CT molecular complexity index is 1260. The van der Waals surface area contributed by atoms with E-state index in [2.05, 4.69) is 15.2 Å². The fourth-order valence-corrected chi connectivity index (χ4v) is 5.12. The molecule has 0 spiro atoms. The third-order valence-electron chi connectivity index (χ3n) is 7.08. The molecule has 1 aromatic heterocycles. The van der Waals surface area contributed by atoms with E-state index in [1.807, 2.05) is 42.3 Å². The fraction of sp³-hybridized carbons (Fsp3) is 0.444. The van der Waals surface area contributed by atoms with Gasteiger partial charge in [-0.25, -0.2) is 4.79 Å². The van der Waals surface area contributed by atoms with Crippen molar-refractivity contribution >= 4 is 22.6 Å². The maximum atomic E-state index is 13.0. The van der Waals surface area contributed by atoms with Gasteiger partial charge in [-0.05, 0) is 42.3 Å². The van der Waals surface area contributed by atoms with Crippen molar-refractivity contribution in [3.63, 3.8) is 0 Å². The number of hydrogen-bond acceptors (Lipinski definition) is 6. The normalized spacial score (nSPS) is 17.2. The van der Waals surface area contributed by atoms with Gasteiger partial charge in [0.05, 0.1) is 26.2 Å². The van der Waals surface area contributed by atoms with Crippen LogP contribution >= 0.6 is 0 Å².